The first-order chi connectivity index (χ1) is 5.27. The van der Waals surface area contributed by atoms with E-state index in [4.69, 9.17) is 30.8 Å². The molecule has 0 aromatic heterocycles. The Balaban J connectivity index is 2.80. The molecule has 0 N–H and O–H groups in total. The van der Waals surface area contributed by atoms with Crippen LogP contribution in [0.25, 0.3) is 0 Å². The molecule has 0 heterocycles. The zero-order valence-electron chi connectivity index (χ0n) is 6.52. The fourth-order valence-electron chi connectivity index (χ4n) is 0.514. The minimum absolute atomic E-state index is 0.490. The molecule has 0 rings (SSSR count). The molecule has 0 saturated heterocycles. The van der Waals surface area contributed by atoms with Gasteiger partial charge in [0.1, 0.15) is 5.75 Å². The van der Waals surface area contributed by atoms with E-state index in [1.54, 1.807) is 7.11 Å². The SMILES string of the molecule is COCCOCCC[S+](Cl)Cl. The van der Waals surface area contributed by atoms with Gasteiger partial charge in [0.05, 0.1) is 19.8 Å². The molecule has 0 amide bonds. The van der Waals surface area contributed by atoms with Gasteiger partial charge < -0.3 is 9.47 Å². The smallest absolute Gasteiger partial charge is 0.215 e. The Morgan fingerprint density at radius 1 is 1.18 bits per heavy atom. The van der Waals surface area contributed by atoms with Crippen LogP contribution in [0.5, 0.6) is 0 Å². The number of rotatable bonds is 7. The van der Waals surface area contributed by atoms with Crippen LogP contribution in [0.3, 0.4) is 0 Å². The maximum absolute atomic E-state index is 5.53. The molecule has 0 atom stereocenters. The summed E-state index contributed by atoms with van der Waals surface area (Å²) in [5.74, 6) is 0.816. The Kier molecular flexibility index (Phi) is 9.63. The van der Waals surface area contributed by atoms with Crippen molar-refractivity contribution in [3.8, 4) is 0 Å². The highest BCUT2D eigenvalue weighted by atomic mass is 36.0. The summed E-state index contributed by atoms with van der Waals surface area (Å²) in [6, 6.07) is 0. The molecule has 0 fully saturated rings. The molecule has 0 spiro atoms. The number of ether oxygens (including phenoxy) is 2. The van der Waals surface area contributed by atoms with E-state index in [9.17, 15) is 0 Å². The normalized spacial score (nSPS) is 10.9. The average Bonchev–Trinajstić information content (AvgIpc) is 1.96. The van der Waals surface area contributed by atoms with Gasteiger partial charge in [-0.1, -0.05) is 0 Å². The maximum atomic E-state index is 5.53. The first-order valence-corrected chi connectivity index (χ1v) is 6.42. The Hall–Kier alpha value is 0.850. The molecule has 11 heavy (non-hydrogen) atoms. The van der Waals surface area contributed by atoms with E-state index in [0.717, 1.165) is 12.2 Å². The third-order valence-corrected chi connectivity index (χ3v) is 2.54. The van der Waals surface area contributed by atoms with Gasteiger partial charge in [-0.15, -0.1) is 0 Å². The summed E-state index contributed by atoms with van der Waals surface area (Å²) in [6.07, 6.45) is 0.916. The molecular weight excluding hydrogens is 207 g/mol. The largest absolute Gasteiger partial charge is 0.382 e. The van der Waals surface area contributed by atoms with Gasteiger partial charge in [0, 0.05) is 13.5 Å². The van der Waals surface area contributed by atoms with Crippen molar-refractivity contribution in [1.82, 2.24) is 0 Å². The second-order valence-corrected chi connectivity index (χ2v) is 5.61. The van der Waals surface area contributed by atoms with Gasteiger partial charge in [0.15, 0.2) is 21.4 Å². The minimum atomic E-state index is -0.490. The van der Waals surface area contributed by atoms with Gasteiger partial charge in [-0.3, -0.25) is 0 Å². The van der Waals surface area contributed by atoms with Crippen molar-refractivity contribution >= 4 is 30.7 Å². The summed E-state index contributed by atoms with van der Waals surface area (Å²) in [7, 11) is 12.2. The third-order valence-electron chi connectivity index (χ3n) is 1.02. The summed E-state index contributed by atoms with van der Waals surface area (Å²) >= 11 is 0. The number of hydrogen-bond donors (Lipinski definition) is 0. The zero-order chi connectivity index (χ0) is 8.53. The fraction of sp³-hybridized carbons (Fsp3) is 1.00. The Morgan fingerprint density at radius 3 is 2.45 bits per heavy atom. The van der Waals surface area contributed by atoms with E-state index in [0.29, 0.717) is 19.8 Å². The Bertz CT molecular complexity index is 83.0. The summed E-state index contributed by atoms with van der Waals surface area (Å²) in [5, 5.41) is 0. The highest BCUT2D eigenvalue weighted by Gasteiger charge is 2.09. The number of methoxy groups -OCH3 is 1. The van der Waals surface area contributed by atoms with Crippen molar-refractivity contribution in [2.75, 3.05) is 32.7 Å². The van der Waals surface area contributed by atoms with E-state index in [2.05, 4.69) is 0 Å². The summed E-state index contributed by atoms with van der Waals surface area (Å²) in [6.45, 7) is 2.01. The molecule has 68 valence electrons. The van der Waals surface area contributed by atoms with E-state index >= 15 is 0 Å². The first kappa shape index (κ1) is 11.8. The molecule has 0 bridgehead atoms. The van der Waals surface area contributed by atoms with E-state index in [1.165, 1.54) is 0 Å². The monoisotopic (exact) mass is 219 g/mol. The van der Waals surface area contributed by atoms with E-state index < -0.39 is 9.32 Å². The lowest BCUT2D eigenvalue weighted by atomic mass is 10.5. The van der Waals surface area contributed by atoms with Crippen molar-refractivity contribution in [2.24, 2.45) is 0 Å². The third kappa shape index (κ3) is 10.8. The van der Waals surface area contributed by atoms with Gasteiger partial charge in [-0.05, 0) is 0 Å². The molecule has 0 aliphatic rings. The predicted octanol–water partition coefficient (Wildman–Crippen LogP) is 1.97. The molecule has 0 aliphatic carbocycles. The predicted molar refractivity (Wildman–Crippen MR) is 51.3 cm³/mol. The van der Waals surface area contributed by atoms with Gasteiger partial charge >= 0.3 is 0 Å². The van der Waals surface area contributed by atoms with Crippen molar-refractivity contribution in [3.05, 3.63) is 0 Å². The molecule has 0 aromatic rings. The highest BCUT2D eigenvalue weighted by Crippen LogP contribution is 2.09. The lowest BCUT2D eigenvalue weighted by Crippen LogP contribution is -2.05. The lowest BCUT2D eigenvalue weighted by Gasteiger charge is -1.99. The molecule has 0 unspecified atom stereocenters. The second kappa shape index (κ2) is 8.94. The van der Waals surface area contributed by atoms with Crippen molar-refractivity contribution in [3.63, 3.8) is 0 Å². The van der Waals surface area contributed by atoms with Crippen LogP contribution in [0.15, 0.2) is 0 Å². The van der Waals surface area contributed by atoms with Crippen LogP contribution in [0.2, 0.25) is 0 Å². The molecule has 5 heteroatoms. The van der Waals surface area contributed by atoms with E-state index in [1.807, 2.05) is 0 Å². The Labute approximate surface area is 79.5 Å². The van der Waals surface area contributed by atoms with Crippen LogP contribution < -0.4 is 0 Å². The molecule has 0 aliphatic heterocycles. The van der Waals surface area contributed by atoms with Gasteiger partial charge in [-0.2, -0.15) is 0 Å². The molecular formula is C6H13Cl2O2S+. The standard InChI is InChI=1S/C6H13Cl2O2S/c1-9-4-5-10-3-2-6-11(7)8/h2-6H2,1H3/q+1. The quantitative estimate of drug-likeness (QED) is 0.482. The number of halogens is 2. The number of hydrogen-bond acceptors (Lipinski definition) is 2. The zero-order valence-corrected chi connectivity index (χ0v) is 8.84. The van der Waals surface area contributed by atoms with Crippen molar-refractivity contribution in [1.29, 1.82) is 0 Å². The Morgan fingerprint density at radius 2 is 1.91 bits per heavy atom. The fourth-order valence-corrected chi connectivity index (χ4v) is 1.51. The van der Waals surface area contributed by atoms with Crippen LogP contribution in [-0.2, 0) is 18.8 Å². The van der Waals surface area contributed by atoms with Crippen LogP contribution in [0.4, 0.5) is 0 Å². The molecule has 2 nitrogen and oxygen atoms in total. The highest BCUT2D eigenvalue weighted by molar-refractivity contribution is 8.35. The van der Waals surface area contributed by atoms with Gasteiger partial charge in [0.2, 0.25) is 9.32 Å². The van der Waals surface area contributed by atoms with Crippen LogP contribution in [-0.4, -0.2) is 32.7 Å². The van der Waals surface area contributed by atoms with Crippen molar-refractivity contribution < 1.29 is 9.47 Å². The van der Waals surface area contributed by atoms with Crippen molar-refractivity contribution in [2.45, 2.75) is 6.42 Å². The topological polar surface area (TPSA) is 18.5 Å². The summed E-state index contributed by atoms with van der Waals surface area (Å²) < 4.78 is 9.98. The van der Waals surface area contributed by atoms with Crippen LogP contribution >= 0.6 is 21.4 Å². The second-order valence-electron chi connectivity index (χ2n) is 1.94. The van der Waals surface area contributed by atoms with Gasteiger partial charge in [0.25, 0.3) is 0 Å². The van der Waals surface area contributed by atoms with Crippen LogP contribution in [0.1, 0.15) is 6.42 Å². The summed E-state index contributed by atoms with van der Waals surface area (Å²) in [4.78, 5) is 0. The average molecular weight is 220 g/mol. The first-order valence-electron chi connectivity index (χ1n) is 3.37. The van der Waals surface area contributed by atoms with E-state index in [-0.39, 0.29) is 0 Å². The molecule has 0 aromatic carbocycles. The van der Waals surface area contributed by atoms with Crippen LogP contribution in [0, 0.1) is 0 Å². The maximum Gasteiger partial charge on any atom is 0.215 e. The summed E-state index contributed by atoms with van der Waals surface area (Å²) in [5.41, 5.74) is 0. The minimum Gasteiger partial charge on any atom is -0.382 e. The molecule has 0 radical (unpaired) electrons. The molecule has 0 saturated carbocycles. The lowest BCUT2D eigenvalue weighted by molar-refractivity contribution is 0.0713. The van der Waals surface area contributed by atoms with Gasteiger partial charge in [-0.25, -0.2) is 0 Å².